The number of hydrogen-bond acceptors (Lipinski definition) is 3. The lowest BCUT2D eigenvalue weighted by Crippen LogP contribution is -2.42. The molecule has 0 saturated carbocycles. The lowest BCUT2D eigenvalue weighted by Gasteiger charge is -2.20. The van der Waals surface area contributed by atoms with Crippen LogP contribution in [0.15, 0.2) is 42.5 Å². The van der Waals surface area contributed by atoms with Gasteiger partial charge in [0.2, 0.25) is 0 Å². The minimum atomic E-state index is -4.49. The lowest BCUT2D eigenvalue weighted by molar-refractivity contribution is -0.148. The van der Waals surface area contributed by atoms with Crippen molar-refractivity contribution >= 4 is 11.4 Å². The predicted octanol–water partition coefficient (Wildman–Crippen LogP) is 4.44. The number of hydrazine groups is 1. The van der Waals surface area contributed by atoms with Crippen LogP contribution < -0.4 is 10.7 Å². The maximum atomic E-state index is 14.4. The molecular formula is C18H15F6N3. The van der Waals surface area contributed by atoms with Gasteiger partial charge in [0, 0.05) is 36.5 Å². The molecular weight excluding hydrogens is 372 g/mol. The topological polar surface area (TPSA) is 27.3 Å². The molecule has 1 atom stereocenters. The predicted molar refractivity (Wildman–Crippen MR) is 88.8 cm³/mol. The van der Waals surface area contributed by atoms with Crippen molar-refractivity contribution in [3.63, 3.8) is 0 Å². The number of benzene rings is 2. The summed E-state index contributed by atoms with van der Waals surface area (Å²) in [5, 5.41) is 3.90. The average molecular weight is 387 g/mol. The summed E-state index contributed by atoms with van der Waals surface area (Å²) in [5.41, 5.74) is 2.76. The number of hydrogen-bond donors (Lipinski definition) is 2. The lowest BCUT2D eigenvalue weighted by atomic mass is 10.1. The first kappa shape index (κ1) is 19.1. The molecule has 2 aromatic rings. The highest BCUT2D eigenvalue weighted by Gasteiger charge is 2.42. The molecule has 0 fully saturated rings. The van der Waals surface area contributed by atoms with Crippen molar-refractivity contribution in [2.45, 2.75) is 18.8 Å². The van der Waals surface area contributed by atoms with Gasteiger partial charge in [-0.05, 0) is 30.3 Å². The molecule has 0 aliphatic carbocycles. The Bertz CT molecular complexity index is 878. The van der Waals surface area contributed by atoms with Crippen LogP contribution in [-0.2, 0) is 6.54 Å². The van der Waals surface area contributed by atoms with Gasteiger partial charge in [-0.2, -0.15) is 13.2 Å². The quantitative estimate of drug-likeness (QED) is 0.760. The van der Waals surface area contributed by atoms with Gasteiger partial charge >= 0.3 is 6.18 Å². The minimum absolute atomic E-state index is 0.00439. The molecule has 2 N–H and O–H groups in total. The first-order chi connectivity index (χ1) is 12.6. The Hall–Kier alpha value is -2.68. The first-order valence-corrected chi connectivity index (χ1v) is 7.91. The van der Waals surface area contributed by atoms with Crippen LogP contribution >= 0.6 is 0 Å². The van der Waals surface area contributed by atoms with E-state index in [1.54, 1.807) is 0 Å². The van der Waals surface area contributed by atoms with E-state index in [4.69, 9.17) is 0 Å². The van der Waals surface area contributed by atoms with Gasteiger partial charge in [-0.1, -0.05) is 6.07 Å². The Morgan fingerprint density at radius 1 is 1.04 bits per heavy atom. The third-order valence-corrected chi connectivity index (χ3v) is 4.11. The number of halogens is 6. The highest BCUT2D eigenvalue weighted by atomic mass is 19.4. The molecule has 0 spiro atoms. The molecule has 3 nitrogen and oxygen atoms in total. The fraction of sp³-hybridized carbons (Fsp3) is 0.222. The van der Waals surface area contributed by atoms with Crippen molar-refractivity contribution in [3.05, 3.63) is 71.1 Å². The van der Waals surface area contributed by atoms with Crippen molar-refractivity contribution in [1.82, 2.24) is 10.4 Å². The van der Waals surface area contributed by atoms with Crippen molar-refractivity contribution < 1.29 is 26.3 Å². The highest BCUT2D eigenvalue weighted by Crippen LogP contribution is 2.32. The summed E-state index contributed by atoms with van der Waals surface area (Å²) in [6.45, 7) is -0.00873. The van der Waals surface area contributed by atoms with Crippen molar-refractivity contribution in [3.8, 4) is 0 Å². The van der Waals surface area contributed by atoms with Crippen LogP contribution in [-0.4, -0.2) is 24.3 Å². The molecule has 9 heteroatoms. The van der Waals surface area contributed by atoms with E-state index < -0.39 is 29.7 Å². The standard InChI is InChI=1S/C18H15F6N3/c1-27-16(8-17(26-27)18(22,23)24)13-5-4-12(7-15(13)21)25-9-10-2-3-11(19)6-14(10)20/h2-8,17,25-26H,9H2,1H3. The summed E-state index contributed by atoms with van der Waals surface area (Å²) in [5.74, 6) is -2.17. The van der Waals surface area contributed by atoms with Crippen LogP contribution in [0.5, 0.6) is 0 Å². The molecule has 1 unspecified atom stereocenters. The van der Waals surface area contributed by atoms with Gasteiger partial charge in [-0.15, -0.1) is 0 Å². The maximum absolute atomic E-state index is 14.4. The van der Waals surface area contributed by atoms with E-state index in [0.717, 1.165) is 29.3 Å². The first-order valence-electron chi connectivity index (χ1n) is 7.91. The fourth-order valence-corrected chi connectivity index (χ4v) is 2.72. The minimum Gasteiger partial charge on any atom is -0.381 e. The second kappa shape index (κ2) is 7.15. The molecule has 0 radical (unpaired) electrons. The van der Waals surface area contributed by atoms with E-state index in [2.05, 4.69) is 10.7 Å². The Morgan fingerprint density at radius 3 is 2.37 bits per heavy atom. The van der Waals surface area contributed by atoms with Crippen molar-refractivity contribution in [2.24, 2.45) is 0 Å². The zero-order chi connectivity index (χ0) is 19.8. The molecule has 144 valence electrons. The van der Waals surface area contributed by atoms with Crippen LogP contribution in [0.1, 0.15) is 11.1 Å². The highest BCUT2D eigenvalue weighted by molar-refractivity contribution is 5.68. The van der Waals surface area contributed by atoms with Gasteiger partial charge in [0.1, 0.15) is 23.5 Å². The van der Waals surface area contributed by atoms with Gasteiger partial charge in [-0.3, -0.25) is 0 Å². The van der Waals surface area contributed by atoms with Gasteiger partial charge in [0.15, 0.2) is 0 Å². The molecule has 2 aromatic carbocycles. The zero-order valence-corrected chi connectivity index (χ0v) is 14.0. The van der Waals surface area contributed by atoms with Crippen molar-refractivity contribution in [1.29, 1.82) is 0 Å². The number of alkyl halides is 3. The summed E-state index contributed by atoms with van der Waals surface area (Å²) in [6.07, 6.45) is -3.59. The van der Waals surface area contributed by atoms with Crippen LogP contribution in [0.4, 0.5) is 32.0 Å². The van der Waals surface area contributed by atoms with Crippen LogP contribution in [0.3, 0.4) is 0 Å². The SMILES string of the molecule is CN1NC(C(F)(F)F)C=C1c1ccc(NCc2ccc(F)cc2F)cc1F. The van der Waals surface area contributed by atoms with Gasteiger partial charge in [0.05, 0.1) is 5.70 Å². The van der Waals surface area contributed by atoms with Gasteiger partial charge in [0.25, 0.3) is 0 Å². The summed E-state index contributed by atoms with van der Waals surface area (Å²) in [7, 11) is 1.36. The van der Waals surface area contributed by atoms with Gasteiger partial charge in [-0.25, -0.2) is 18.6 Å². The molecule has 0 aromatic heterocycles. The van der Waals surface area contributed by atoms with E-state index in [-0.39, 0.29) is 23.4 Å². The van der Waals surface area contributed by atoms with E-state index in [1.807, 2.05) is 0 Å². The van der Waals surface area contributed by atoms with E-state index >= 15 is 0 Å². The molecule has 1 aliphatic rings. The second-order valence-electron chi connectivity index (χ2n) is 6.04. The third-order valence-electron chi connectivity index (χ3n) is 4.11. The fourth-order valence-electron chi connectivity index (χ4n) is 2.72. The van der Waals surface area contributed by atoms with E-state index in [0.29, 0.717) is 5.69 Å². The molecule has 0 bridgehead atoms. The third kappa shape index (κ3) is 4.19. The van der Waals surface area contributed by atoms with Crippen LogP contribution in [0.25, 0.3) is 5.70 Å². The van der Waals surface area contributed by atoms with Crippen LogP contribution in [0, 0.1) is 17.5 Å². The summed E-state index contributed by atoms with van der Waals surface area (Å²) in [4.78, 5) is 0. The Labute approximate surface area is 151 Å². The Kier molecular flexibility index (Phi) is 5.05. The zero-order valence-electron chi connectivity index (χ0n) is 14.0. The molecule has 1 heterocycles. The normalized spacial score (nSPS) is 17.2. The molecule has 0 saturated heterocycles. The van der Waals surface area contributed by atoms with Gasteiger partial charge < -0.3 is 10.3 Å². The average Bonchev–Trinajstić information content (AvgIpc) is 2.96. The monoisotopic (exact) mass is 387 g/mol. The van der Waals surface area contributed by atoms with Crippen LogP contribution in [0.2, 0.25) is 0 Å². The molecule has 1 aliphatic heterocycles. The largest absolute Gasteiger partial charge is 0.409 e. The van der Waals surface area contributed by atoms with Crippen molar-refractivity contribution in [2.75, 3.05) is 12.4 Å². The number of rotatable bonds is 4. The Morgan fingerprint density at radius 2 is 1.78 bits per heavy atom. The summed E-state index contributed by atoms with van der Waals surface area (Å²) in [6, 6.07) is 5.13. The van der Waals surface area contributed by atoms with E-state index in [9.17, 15) is 26.3 Å². The molecule has 3 rings (SSSR count). The second-order valence-corrected chi connectivity index (χ2v) is 6.04. The maximum Gasteiger partial charge on any atom is 0.409 e. The summed E-state index contributed by atoms with van der Waals surface area (Å²) < 4.78 is 79.4. The Balaban J connectivity index is 1.76. The number of anilines is 1. The number of nitrogens with zero attached hydrogens (tertiary/aromatic N) is 1. The molecule has 27 heavy (non-hydrogen) atoms. The molecule has 0 amide bonds. The summed E-state index contributed by atoms with van der Waals surface area (Å²) >= 11 is 0. The van der Waals surface area contributed by atoms with E-state index in [1.165, 1.54) is 25.2 Å². The smallest absolute Gasteiger partial charge is 0.381 e. The number of nitrogens with one attached hydrogen (secondary N) is 2.